The van der Waals surface area contributed by atoms with Crippen molar-refractivity contribution in [3.05, 3.63) is 53.6 Å². The molecule has 2 aromatic carbocycles. The van der Waals surface area contributed by atoms with Crippen molar-refractivity contribution in [2.24, 2.45) is 5.92 Å². The minimum absolute atomic E-state index is 0.178. The van der Waals surface area contributed by atoms with E-state index in [-0.39, 0.29) is 17.7 Å². The molecule has 4 amide bonds. The van der Waals surface area contributed by atoms with E-state index in [1.807, 2.05) is 38.1 Å². The summed E-state index contributed by atoms with van der Waals surface area (Å²) in [5, 5.41) is 5.65. The van der Waals surface area contributed by atoms with Gasteiger partial charge in [0.2, 0.25) is 0 Å². The summed E-state index contributed by atoms with van der Waals surface area (Å²) in [5.74, 6) is -0.434. The van der Waals surface area contributed by atoms with Gasteiger partial charge in [-0.1, -0.05) is 26.0 Å². The number of ether oxygens (including phenoxy) is 1. The van der Waals surface area contributed by atoms with Crippen molar-refractivity contribution in [3.8, 4) is 0 Å². The van der Waals surface area contributed by atoms with Crippen molar-refractivity contribution in [3.63, 3.8) is 0 Å². The zero-order chi connectivity index (χ0) is 22.0. The smallest absolute Gasteiger partial charge is 0.323 e. The van der Waals surface area contributed by atoms with Crippen LogP contribution in [0.1, 0.15) is 34.6 Å². The predicted molar refractivity (Wildman–Crippen MR) is 119 cm³/mol. The number of carbonyl (C=O) groups is 3. The van der Waals surface area contributed by atoms with Gasteiger partial charge in [0.05, 0.1) is 35.7 Å². The fourth-order valence-electron chi connectivity index (χ4n) is 3.84. The topological polar surface area (TPSA) is 91.0 Å². The zero-order valence-electron chi connectivity index (χ0n) is 17.7. The number of morpholine rings is 1. The number of amides is 4. The van der Waals surface area contributed by atoms with Gasteiger partial charge in [-0.2, -0.15) is 0 Å². The second-order valence-electron chi connectivity index (χ2n) is 8.07. The van der Waals surface area contributed by atoms with Crippen LogP contribution < -0.4 is 15.5 Å². The lowest BCUT2D eigenvalue weighted by Gasteiger charge is -2.30. The van der Waals surface area contributed by atoms with E-state index in [2.05, 4.69) is 15.5 Å². The summed E-state index contributed by atoms with van der Waals surface area (Å²) < 4.78 is 5.41. The van der Waals surface area contributed by atoms with Crippen LogP contribution in [0.2, 0.25) is 0 Å². The molecular formula is C23H26N4O4. The molecule has 2 aromatic rings. The predicted octanol–water partition coefficient (Wildman–Crippen LogP) is 3.42. The Kier molecular flexibility index (Phi) is 5.90. The minimum Gasteiger partial charge on any atom is -0.378 e. The number of urea groups is 1. The molecule has 8 nitrogen and oxygen atoms in total. The van der Waals surface area contributed by atoms with Gasteiger partial charge in [0.15, 0.2) is 0 Å². The first kappa shape index (κ1) is 20.9. The van der Waals surface area contributed by atoms with Crippen molar-refractivity contribution in [2.75, 3.05) is 48.4 Å². The molecule has 2 N–H and O–H groups in total. The maximum Gasteiger partial charge on any atom is 0.323 e. The van der Waals surface area contributed by atoms with E-state index in [4.69, 9.17) is 4.74 Å². The van der Waals surface area contributed by atoms with Crippen LogP contribution in [-0.4, -0.2) is 55.6 Å². The molecule has 0 atom stereocenters. The molecule has 0 saturated carbocycles. The van der Waals surface area contributed by atoms with Crippen molar-refractivity contribution in [1.29, 1.82) is 0 Å². The molecule has 0 bridgehead atoms. The number of para-hydroxylation sites is 2. The van der Waals surface area contributed by atoms with Crippen LogP contribution in [0.5, 0.6) is 0 Å². The van der Waals surface area contributed by atoms with E-state index in [0.717, 1.165) is 18.8 Å². The molecule has 0 spiro atoms. The number of fused-ring (bicyclic) bond motifs is 1. The van der Waals surface area contributed by atoms with Crippen molar-refractivity contribution in [1.82, 2.24) is 4.90 Å². The molecule has 1 fully saturated rings. The number of rotatable bonds is 5. The van der Waals surface area contributed by atoms with Gasteiger partial charge in [-0.25, -0.2) is 4.79 Å². The van der Waals surface area contributed by atoms with Gasteiger partial charge < -0.3 is 20.3 Å². The van der Waals surface area contributed by atoms with E-state index < -0.39 is 6.03 Å². The van der Waals surface area contributed by atoms with Crippen LogP contribution in [0.25, 0.3) is 0 Å². The number of nitrogens with one attached hydrogen (secondary N) is 2. The largest absolute Gasteiger partial charge is 0.378 e. The first-order valence-electron chi connectivity index (χ1n) is 10.4. The van der Waals surface area contributed by atoms with Crippen LogP contribution in [0, 0.1) is 5.92 Å². The molecule has 0 radical (unpaired) electrons. The van der Waals surface area contributed by atoms with Crippen molar-refractivity contribution < 1.29 is 19.1 Å². The lowest BCUT2D eigenvalue weighted by Crippen LogP contribution is -2.37. The molecule has 0 aliphatic carbocycles. The maximum absolute atomic E-state index is 12.7. The summed E-state index contributed by atoms with van der Waals surface area (Å²) in [7, 11) is 0. The van der Waals surface area contributed by atoms with Gasteiger partial charge >= 0.3 is 6.03 Å². The Morgan fingerprint density at radius 1 is 1.00 bits per heavy atom. The normalized spacial score (nSPS) is 16.0. The Morgan fingerprint density at radius 3 is 2.45 bits per heavy atom. The molecule has 31 heavy (non-hydrogen) atoms. The summed E-state index contributed by atoms with van der Waals surface area (Å²) in [5.41, 5.74) is 2.76. The molecule has 2 aliphatic rings. The second kappa shape index (κ2) is 8.77. The highest BCUT2D eigenvalue weighted by molar-refractivity contribution is 6.22. The van der Waals surface area contributed by atoms with Gasteiger partial charge in [0.1, 0.15) is 0 Å². The number of benzene rings is 2. The summed E-state index contributed by atoms with van der Waals surface area (Å²) in [6, 6.07) is 12.0. The molecule has 8 heteroatoms. The van der Waals surface area contributed by atoms with Gasteiger partial charge in [0.25, 0.3) is 11.8 Å². The number of imide groups is 1. The number of hydrogen-bond donors (Lipinski definition) is 2. The zero-order valence-corrected chi connectivity index (χ0v) is 17.7. The summed E-state index contributed by atoms with van der Waals surface area (Å²) >= 11 is 0. The van der Waals surface area contributed by atoms with Crippen LogP contribution >= 0.6 is 0 Å². The van der Waals surface area contributed by atoms with Crippen molar-refractivity contribution >= 4 is 34.9 Å². The lowest BCUT2D eigenvalue weighted by atomic mass is 10.1. The minimum atomic E-state index is -0.420. The molecule has 2 heterocycles. The molecule has 162 valence electrons. The third-order valence-corrected chi connectivity index (χ3v) is 5.28. The highest BCUT2D eigenvalue weighted by atomic mass is 16.5. The van der Waals surface area contributed by atoms with Gasteiger partial charge in [-0.3, -0.25) is 14.5 Å². The number of anilines is 3. The number of carbonyl (C=O) groups excluding carboxylic acids is 3. The molecule has 0 aromatic heterocycles. The standard InChI is InChI=1S/C23H26N4O4/c1-15(2)14-27-21(28)17-8-7-16(13-18(17)22(27)29)24-23(30)25-19-5-3-4-6-20(19)26-9-11-31-12-10-26/h3-8,13,15H,9-12,14H2,1-2H3,(H2,24,25,30). The lowest BCUT2D eigenvalue weighted by molar-refractivity contribution is 0.0636. The third-order valence-electron chi connectivity index (χ3n) is 5.28. The quantitative estimate of drug-likeness (QED) is 0.721. The fourth-order valence-corrected chi connectivity index (χ4v) is 3.84. The monoisotopic (exact) mass is 422 g/mol. The maximum atomic E-state index is 12.7. The summed E-state index contributed by atoms with van der Waals surface area (Å²) in [6.07, 6.45) is 0. The SMILES string of the molecule is CC(C)CN1C(=O)c2ccc(NC(=O)Nc3ccccc3N3CCOCC3)cc2C1=O. The summed E-state index contributed by atoms with van der Waals surface area (Å²) in [4.78, 5) is 41.2. The van der Waals surface area contributed by atoms with Crippen LogP contribution in [-0.2, 0) is 4.74 Å². The Balaban J connectivity index is 1.47. The highest BCUT2D eigenvalue weighted by Crippen LogP contribution is 2.28. The molecule has 0 unspecified atom stereocenters. The second-order valence-corrected chi connectivity index (χ2v) is 8.07. The van der Waals surface area contributed by atoms with Crippen LogP contribution in [0.15, 0.2) is 42.5 Å². The van der Waals surface area contributed by atoms with Gasteiger partial charge in [0, 0.05) is 25.3 Å². The van der Waals surface area contributed by atoms with E-state index in [9.17, 15) is 14.4 Å². The Labute approximate surface area is 181 Å². The Morgan fingerprint density at radius 2 is 1.71 bits per heavy atom. The Bertz CT molecular complexity index is 1010. The van der Waals surface area contributed by atoms with Crippen LogP contribution in [0.3, 0.4) is 0 Å². The first-order valence-corrected chi connectivity index (χ1v) is 10.4. The van der Waals surface area contributed by atoms with Crippen LogP contribution in [0.4, 0.5) is 21.9 Å². The molecular weight excluding hydrogens is 396 g/mol. The summed E-state index contributed by atoms with van der Waals surface area (Å²) in [6.45, 7) is 7.09. The van der Waals surface area contributed by atoms with E-state index in [0.29, 0.717) is 42.3 Å². The Hall–Kier alpha value is -3.39. The molecule has 1 saturated heterocycles. The van der Waals surface area contributed by atoms with Gasteiger partial charge in [-0.15, -0.1) is 0 Å². The average Bonchev–Trinajstić information content (AvgIpc) is 2.99. The van der Waals surface area contributed by atoms with Crippen molar-refractivity contribution in [2.45, 2.75) is 13.8 Å². The molecule has 4 rings (SSSR count). The first-order chi connectivity index (χ1) is 14.9. The average molecular weight is 422 g/mol. The fraction of sp³-hybridized carbons (Fsp3) is 0.348. The molecule has 2 aliphatic heterocycles. The van der Waals surface area contributed by atoms with E-state index in [1.165, 1.54) is 4.90 Å². The van der Waals surface area contributed by atoms with E-state index >= 15 is 0 Å². The van der Waals surface area contributed by atoms with E-state index in [1.54, 1.807) is 18.2 Å². The highest BCUT2D eigenvalue weighted by Gasteiger charge is 2.35. The van der Waals surface area contributed by atoms with Gasteiger partial charge in [-0.05, 0) is 36.2 Å². The number of hydrogen-bond acceptors (Lipinski definition) is 5. The number of nitrogens with zero attached hydrogens (tertiary/aromatic N) is 2. The third kappa shape index (κ3) is 4.39.